The number of thiazole rings is 1. The molecule has 7 heteroatoms. The average molecular weight is 416 g/mol. The highest BCUT2D eigenvalue weighted by molar-refractivity contribution is 7.15. The second-order valence-electron chi connectivity index (χ2n) is 7.66. The van der Waals surface area contributed by atoms with E-state index in [0.29, 0.717) is 23.8 Å². The van der Waals surface area contributed by atoms with E-state index in [1.54, 1.807) is 12.1 Å². The van der Waals surface area contributed by atoms with E-state index in [0.717, 1.165) is 41.8 Å². The van der Waals surface area contributed by atoms with Crippen molar-refractivity contribution in [3.63, 3.8) is 0 Å². The Labute approximate surface area is 176 Å². The molecule has 1 atom stereocenters. The van der Waals surface area contributed by atoms with Gasteiger partial charge in [0.25, 0.3) is 5.91 Å². The van der Waals surface area contributed by atoms with Crippen LogP contribution in [-0.4, -0.2) is 36.1 Å². The maximum atomic E-state index is 12.7. The third-order valence-electron chi connectivity index (χ3n) is 4.88. The first-order valence-corrected chi connectivity index (χ1v) is 11.0. The topological polar surface area (TPSA) is 80.3 Å². The predicted octanol–water partition coefficient (Wildman–Crippen LogP) is 4.06. The van der Waals surface area contributed by atoms with Gasteiger partial charge in [-0.2, -0.15) is 0 Å². The third kappa shape index (κ3) is 5.87. The van der Waals surface area contributed by atoms with Gasteiger partial charge < -0.3 is 10.1 Å². The fourth-order valence-corrected chi connectivity index (χ4v) is 4.39. The van der Waals surface area contributed by atoms with Crippen LogP contribution in [0.1, 0.15) is 65.5 Å². The zero-order valence-electron chi connectivity index (χ0n) is 17.3. The monoisotopic (exact) mass is 415 g/mol. The van der Waals surface area contributed by atoms with Crippen LogP contribution in [0.15, 0.2) is 24.3 Å². The Balaban J connectivity index is 1.59. The molecule has 6 nitrogen and oxygen atoms in total. The van der Waals surface area contributed by atoms with E-state index in [9.17, 15) is 9.59 Å². The van der Waals surface area contributed by atoms with Gasteiger partial charge in [0.1, 0.15) is 0 Å². The summed E-state index contributed by atoms with van der Waals surface area (Å²) in [6, 6.07) is 7.43. The first kappa shape index (κ1) is 21.5. The molecule has 156 valence electrons. The maximum absolute atomic E-state index is 12.7. The summed E-state index contributed by atoms with van der Waals surface area (Å²) in [7, 11) is 0. The first-order valence-electron chi connectivity index (χ1n) is 10.2. The van der Waals surface area contributed by atoms with Crippen LogP contribution < -0.4 is 10.6 Å². The molecule has 1 heterocycles. The van der Waals surface area contributed by atoms with Gasteiger partial charge in [-0.05, 0) is 58.6 Å². The molecule has 0 fully saturated rings. The van der Waals surface area contributed by atoms with Gasteiger partial charge in [0.2, 0.25) is 5.91 Å². The molecular weight excluding hydrogens is 386 g/mol. The average Bonchev–Trinajstić information content (AvgIpc) is 3.10. The van der Waals surface area contributed by atoms with Crippen molar-refractivity contribution in [2.45, 2.75) is 58.5 Å². The molecule has 0 spiro atoms. The Morgan fingerprint density at radius 2 is 2.03 bits per heavy atom. The number of nitrogens with zero attached hydrogens (tertiary/aromatic N) is 1. The van der Waals surface area contributed by atoms with Crippen LogP contribution in [0.25, 0.3) is 0 Å². The summed E-state index contributed by atoms with van der Waals surface area (Å²) in [6.07, 6.45) is 3.64. The molecule has 3 rings (SSSR count). The number of hydrogen-bond donors (Lipinski definition) is 2. The number of aromatic nitrogens is 1. The van der Waals surface area contributed by atoms with Gasteiger partial charge in [0, 0.05) is 23.6 Å². The van der Waals surface area contributed by atoms with Gasteiger partial charge in [-0.1, -0.05) is 17.7 Å². The summed E-state index contributed by atoms with van der Waals surface area (Å²) in [5.41, 5.74) is 2.52. The molecule has 0 radical (unpaired) electrons. The van der Waals surface area contributed by atoms with E-state index in [1.807, 2.05) is 32.9 Å². The predicted molar refractivity (Wildman–Crippen MR) is 116 cm³/mol. The number of anilines is 1. The molecule has 29 heavy (non-hydrogen) atoms. The van der Waals surface area contributed by atoms with Crippen LogP contribution in [0.5, 0.6) is 0 Å². The van der Waals surface area contributed by atoms with Gasteiger partial charge in [-0.15, -0.1) is 11.3 Å². The molecular formula is C22H29N3O3S. The summed E-state index contributed by atoms with van der Waals surface area (Å²) in [5, 5.41) is 6.45. The van der Waals surface area contributed by atoms with E-state index in [1.165, 1.54) is 11.3 Å². The summed E-state index contributed by atoms with van der Waals surface area (Å²) < 4.78 is 5.51. The van der Waals surface area contributed by atoms with Crippen molar-refractivity contribution >= 4 is 28.3 Å². The number of amides is 2. The SMILES string of the molecule is Cc1ccc(C(=O)Nc2nc3c(s2)CCCC3C(=O)NCCCOC(C)C)cc1. The van der Waals surface area contributed by atoms with Crippen LogP contribution in [0.2, 0.25) is 0 Å². The molecule has 2 amide bonds. The number of fused-ring (bicyclic) bond motifs is 1. The molecule has 1 aromatic heterocycles. The minimum absolute atomic E-state index is 0.0113. The number of nitrogens with one attached hydrogen (secondary N) is 2. The minimum atomic E-state index is -0.244. The standard InChI is InChI=1S/C22H29N3O3S/c1-14(2)28-13-5-12-23-21(27)17-6-4-7-18-19(17)24-22(29-18)25-20(26)16-10-8-15(3)9-11-16/h8-11,14,17H,4-7,12-13H2,1-3H3,(H,23,27)(H,24,25,26). The van der Waals surface area contributed by atoms with Crippen molar-refractivity contribution in [3.05, 3.63) is 46.0 Å². The zero-order valence-corrected chi connectivity index (χ0v) is 18.1. The minimum Gasteiger partial charge on any atom is -0.379 e. The molecule has 2 N–H and O–H groups in total. The number of aryl methyl sites for hydroxylation is 2. The van der Waals surface area contributed by atoms with Crippen molar-refractivity contribution in [1.29, 1.82) is 0 Å². The number of carbonyl (C=O) groups is 2. The summed E-state index contributed by atoms with van der Waals surface area (Å²) in [5.74, 6) is -0.412. The van der Waals surface area contributed by atoms with Crippen molar-refractivity contribution < 1.29 is 14.3 Å². The molecule has 0 bridgehead atoms. The van der Waals surface area contributed by atoms with Crippen molar-refractivity contribution in [2.75, 3.05) is 18.5 Å². The number of hydrogen-bond acceptors (Lipinski definition) is 5. The smallest absolute Gasteiger partial charge is 0.257 e. The van der Waals surface area contributed by atoms with Crippen LogP contribution in [0, 0.1) is 6.92 Å². The van der Waals surface area contributed by atoms with Gasteiger partial charge in [0.15, 0.2) is 5.13 Å². The quantitative estimate of drug-likeness (QED) is 0.637. The van der Waals surface area contributed by atoms with Gasteiger partial charge in [-0.3, -0.25) is 14.9 Å². The number of ether oxygens (including phenoxy) is 1. The zero-order chi connectivity index (χ0) is 20.8. The van der Waals surface area contributed by atoms with E-state index in [4.69, 9.17) is 4.74 Å². The highest BCUT2D eigenvalue weighted by atomic mass is 32.1. The van der Waals surface area contributed by atoms with Crippen LogP contribution >= 0.6 is 11.3 Å². The molecule has 0 saturated heterocycles. The Bertz CT molecular complexity index is 845. The van der Waals surface area contributed by atoms with Crippen molar-refractivity contribution in [2.24, 2.45) is 0 Å². The first-order chi connectivity index (χ1) is 13.9. The molecule has 0 saturated carbocycles. The molecule has 1 aromatic carbocycles. The molecule has 1 unspecified atom stereocenters. The third-order valence-corrected chi connectivity index (χ3v) is 5.92. The van der Waals surface area contributed by atoms with Crippen molar-refractivity contribution in [1.82, 2.24) is 10.3 Å². The molecule has 2 aromatic rings. The van der Waals surface area contributed by atoms with Gasteiger partial charge >= 0.3 is 0 Å². The normalized spacial score (nSPS) is 15.8. The Morgan fingerprint density at radius 3 is 2.76 bits per heavy atom. The highest BCUT2D eigenvalue weighted by Crippen LogP contribution is 2.37. The molecule has 0 aliphatic heterocycles. The molecule has 1 aliphatic carbocycles. The summed E-state index contributed by atoms with van der Waals surface area (Å²) in [6.45, 7) is 7.22. The van der Waals surface area contributed by atoms with E-state index in [-0.39, 0.29) is 23.8 Å². The summed E-state index contributed by atoms with van der Waals surface area (Å²) in [4.78, 5) is 30.8. The highest BCUT2D eigenvalue weighted by Gasteiger charge is 2.30. The van der Waals surface area contributed by atoms with E-state index < -0.39 is 0 Å². The second-order valence-corrected chi connectivity index (χ2v) is 8.74. The fraction of sp³-hybridized carbons (Fsp3) is 0.500. The lowest BCUT2D eigenvalue weighted by Crippen LogP contribution is -2.32. The fourth-order valence-electron chi connectivity index (χ4n) is 3.33. The Kier molecular flexibility index (Phi) is 7.39. The second kappa shape index (κ2) is 9.98. The van der Waals surface area contributed by atoms with Gasteiger partial charge in [0.05, 0.1) is 17.7 Å². The summed E-state index contributed by atoms with van der Waals surface area (Å²) >= 11 is 1.47. The van der Waals surface area contributed by atoms with Gasteiger partial charge in [-0.25, -0.2) is 4.98 Å². The van der Waals surface area contributed by atoms with Crippen LogP contribution in [-0.2, 0) is 16.0 Å². The number of rotatable bonds is 8. The van der Waals surface area contributed by atoms with Crippen LogP contribution in [0.4, 0.5) is 5.13 Å². The van der Waals surface area contributed by atoms with E-state index >= 15 is 0 Å². The number of carbonyl (C=O) groups excluding carboxylic acids is 2. The lowest BCUT2D eigenvalue weighted by molar-refractivity contribution is -0.123. The van der Waals surface area contributed by atoms with Crippen LogP contribution in [0.3, 0.4) is 0 Å². The Hall–Kier alpha value is -2.25. The molecule has 1 aliphatic rings. The number of benzene rings is 1. The Morgan fingerprint density at radius 1 is 1.28 bits per heavy atom. The van der Waals surface area contributed by atoms with E-state index in [2.05, 4.69) is 15.6 Å². The largest absolute Gasteiger partial charge is 0.379 e. The maximum Gasteiger partial charge on any atom is 0.257 e. The lowest BCUT2D eigenvalue weighted by Gasteiger charge is -2.20. The van der Waals surface area contributed by atoms with Crippen molar-refractivity contribution in [3.8, 4) is 0 Å². The lowest BCUT2D eigenvalue weighted by atomic mass is 9.90.